The van der Waals surface area contributed by atoms with E-state index in [9.17, 15) is 8.42 Å². The van der Waals surface area contributed by atoms with Gasteiger partial charge in [-0.2, -0.15) is 17.0 Å². The summed E-state index contributed by atoms with van der Waals surface area (Å²) in [4.78, 5) is 0. The van der Waals surface area contributed by atoms with Crippen LogP contribution in [0, 0.1) is 0 Å². The second-order valence-corrected chi connectivity index (χ2v) is 7.43. The lowest BCUT2D eigenvalue weighted by molar-refractivity contribution is 0.0367. The van der Waals surface area contributed by atoms with E-state index in [2.05, 4.69) is 5.32 Å². The van der Waals surface area contributed by atoms with Crippen LogP contribution < -0.4 is 5.32 Å². The molecule has 0 aromatic rings. The van der Waals surface area contributed by atoms with E-state index in [0.29, 0.717) is 32.3 Å². The highest BCUT2D eigenvalue weighted by Gasteiger charge is 2.32. The minimum atomic E-state index is -3.34. The molecule has 0 aromatic heterocycles. The van der Waals surface area contributed by atoms with E-state index in [4.69, 9.17) is 4.74 Å². The number of morpholine rings is 1. The zero-order valence-corrected chi connectivity index (χ0v) is 12.7. The lowest BCUT2D eigenvalue weighted by Crippen LogP contribution is -2.52. The first-order valence-electron chi connectivity index (χ1n) is 7.06. The Bertz CT molecular complexity index is 384. The van der Waals surface area contributed by atoms with Crippen LogP contribution in [-0.4, -0.2) is 69.0 Å². The van der Waals surface area contributed by atoms with E-state index in [0.717, 1.165) is 13.0 Å². The topological polar surface area (TPSA) is 61.9 Å². The molecule has 19 heavy (non-hydrogen) atoms. The highest BCUT2D eigenvalue weighted by Crippen LogP contribution is 2.18. The Morgan fingerprint density at radius 2 is 2.16 bits per heavy atom. The lowest BCUT2D eigenvalue weighted by Gasteiger charge is -2.35. The molecule has 7 heteroatoms. The average Bonchev–Trinajstić information content (AvgIpc) is 3.18. The molecule has 0 radical (unpaired) electrons. The fraction of sp³-hybridized carbons (Fsp3) is 1.00. The van der Waals surface area contributed by atoms with Gasteiger partial charge in [0.15, 0.2) is 0 Å². The molecule has 0 amide bonds. The van der Waals surface area contributed by atoms with Crippen molar-refractivity contribution in [3.8, 4) is 0 Å². The van der Waals surface area contributed by atoms with Gasteiger partial charge in [-0.05, 0) is 32.7 Å². The molecule has 112 valence electrons. The molecular weight excluding hydrogens is 266 g/mol. The molecule has 1 atom stereocenters. The molecule has 6 nitrogen and oxygen atoms in total. The number of ether oxygens (including phenoxy) is 1. The number of hydrogen-bond donors (Lipinski definition) is 1. The Kier molecular flexibility index (Phi) is 5.19. The molecule has 1 heterocycles. The Labute approximate surface area is 116 Å². The summed E-state index contributed by atoms with van der Waals surface area (Å²) in [7, 11) is -1.68. The molecule has 2 rings (SSSR count). The van der Waals surface area contributed by atoms with Crippen molar-refractivity contribution in [3.63, 3.8) is 0 Å². The molecule has 1 N–H and O–H groups in total. The van der Waals surface area contributed by atoms with E-state index in [-0.39, 0.29) is 6.04 Å². The van der Waals surface area contributed by atoms with Gasteiger partial charge in [0.1, 0.15) is 0 Å². The molecule has 1 aliphatic heterocycles. The Balaban J connectivity index is 1.79. The highest BCUT2D eigenvalue weighted by molar-refractivity contribution is 7.86. The molecule has 1 saturated carbocycles. The van der Waals surface area contributed by atoms with Crippen LogP contribution >= 0.6 is 0 Å². The first-order valence-corrected chi connectivity index (χ1v) is 8.45. The summed E-state index contributed by atoms with van der Waals surface area (Å²) in [6.45, 7) is 4.76. The van der Waals surface area contributed by atoms with Gasteiger partial charge in [-0.15, -0.1) is 0 Å². The maximum atomic E-state index is 12.4. The third kappa shape index (κ3) is 4.13. The molecular formula is C12H25N3O3S. The van der Waals surface area contributed by atoms with Crippen molar-refractivity contribution < 1.29 is 13.2 Å². The van der Waals surface area contributed by atoms with E-state index in [1.165, 1.54) is 17.1 Å². The van der Waals surface area contributed by atoms with E-state index < -0.39 is 10.2 Å². The highest BCUT2D eigenvalue weighted by atomic mass is 32.2. The van der Waals surface area contributed by atoms with Crippen LogP contribution in [-0.2, 0) is 14.9 Å². The zero-order valence-electron chi connectivity index (χ0n) is 11.8. The minimum absolute atomic E-state index is 0.0780. The van der Waals surface area contributed by atoms with Gasteiger partial charge in [0.2, 0.25) is 0 Å². The predicted octanol–water partition coefficient (Wildman–Crippen LogP) is 0.0258. The van der Waals surface area contributed by atoms with Crippen molar-refractivity contribution in [2.75, 3.05) is 39.9 Å². The summed E-state index contributed by atoms with van der Waals surface area (Å²) < 4.78 is 33.1. The Morgan fingerprint density at radius 3 is 2.79 bits per heavy atom. The van der Waals surface area contributed by atoms with E-state index in [1.54, 1.807) is 11.4 Å². The predicted molar refractivity (Wildman–Crippen MR) is 74.2 cm³/mol. The minimum Gasteiger partial charge on any atom is -0.378 e. The van der Waals surface area contributed by atoms with Crippen molar-refractivity contribution in [2.45, 2.75) is 38.3 Å². The van der Waals surface area contributed by atoms with E-state index in [1.807, 2.05) is 6.92 Å². The number of nitrogens with zero attached hydrogens (tertiary/aromatic N) is 2. The molecule has 1 saturated heterocycles. The van der Waals surface area contributed by atoms with Gasteiger partial charge in [0.05, 0.1) is 13.2 Å². The summed E-state index contributed by atoms with van der Waals surface area (Å²) in [5.41, 5.74) is 0. The van der Waals surface area contributed by atoms with Crippen molar-refractivity contribution in [1.29, 1.82) is 0 Å². The quantitative estimate of drug-likeness (QED) is 0.672. The summed E-state index contributed by atoms with van der Waals surface area (Å²) >= 11 is 0. The third-order valence-electron chi connectivity index (χ3n) is 3.66. The van der Waals surface area contributed by atoms with Gasteiger partial charge < -0.3 is 10.1 Å². The smallest absolute Gasteiger partial charge is 0.282 e. The fourth-order valence-corrected chi connectivity index (χ4v) is 3.78. The SMILES string of the molecule is CC1COCCN1S(=O)(=O)N(C)CCCNC1CC1. The Hall–Kier alpha value is -0.210. The molecule has 1 aliphatic carbocycles. The molecule has 0 aromatic carbocycles. The second-order valence-electron chi connectivity index (χ2n) is 5.45. The van der Waals surface area contributed by atoms with Crippen LogP contribution in [0.4, 0.5) is 0 Å². The number of rotatable bonds is 7. The average molecular weight is 291 g/mol. The summed E-state index contributed by atoms with van der Waals surface area (Å²) in [5.74, 6) is 0. The normalized spacial score (nSPS) is 25.9. The molecule has 0 spiro atoms. The second kappa shape index (κ2) is 6.49. The largest absolute Gasteiger partial charge is 0.378 e. The van der Waals surface area contributed by atoms with Crippen LogP contribution in [0.1, 0.15) is 26.2 Å². The van der Waals surface area contributed by atoms with Crippen molar-refractivity contribution in [3.05, 3.63) is 0 Å². The maximum Gasteiger partial charge on any atom is 0.282 e. The van der Waals surface area contributed by atoms with Crippen LogP contribution in [0.5, 0.6) is 0 Å². The van der Waals surface area contributed by atoms with Crippen LogP contribution in [0.25, 0.3) is 0 Å². The number of nitrogens with one attached hydrogen (secondary N) is 1. The van der Waals surface area contributed by atoms with Gasteiger partial charge in [-0.1, -0.05) is 0 Å². The first kappa shape index (κ1) is 15.2. The number of hydrogen-bond acceptors (Lipinski definition) is 4. The van der Waals surface area contributed by atoms with Crippen molar-refractivity contribution in [2.24, 2.45) is 0 Å². The zero-order chi connectivity index (χ0) is 13.9. The summed E-state index contributed by atoms with van der Waals surface area (Å²) in [6.07, 6.45) is 3.38. The molecule has 1 unspecified atom stereocenters. The summed E-state index contributed by atoms with van der Waals surface area (Å²) in [6, 6.07) is 0.604. The van der Waals surface area contributed by atoms with Gasteiger partial charge >= 0.3 is 0 Å². The van der Waals surface area contributed by atoms with E-state index >= 15 is 0 Å². The maximum absolute atomic E-state index is 12.4. The monoisotopic (exact) mass is 291 g/mol. The van der Waals surface area contributed by atoms with Crippen LogP contribution in [0.2, 0.25) is 0 Å². The van der Waals surface area contributed by atoms with Crippen molar-refractivity contribution in [1.82, 2.24) is 13.9 Å². The fourth-order valence-electron chi connectivity index (χ4n) is 2.24. The molecule has 2 fully saturated rings. The van der Waals surface area contributed by atoms with Gasteiger partial charge in [0, 0.05) is 32.2 Å². The standard InChI is InChI=1S/C12H25N3O3S/c1-11-10-18-9-8-15(11)19(16,17)14(2)7-3-6-13-12-4-5-12/h11-13H,3-10H2,1-2H3. The van der Waals surface area contributed by atoms with Gasteiger partial charge in [-0.3, -0.25) is 0 Å². The third-order valence-corrected chi connectivity index (χ3v) is 5.76. The first-order chi connectivity index (χ1) is 9.01. The Morgan fingerprint density at radius 1 is 1.42 bits per heavy atom. The van der Waals surface area contributed by atoms with Crippen LogP contribution in [0.3, 0.4) is 0 Å². The van der Waals surface area contributed by atoms with Gasteiger partial charge in [0.25, 0.3) is 10.2 Å². The summed E-state index contributed by atoms with van der Waals surface area (Å²) in [5, 5.41) is 3.40. The van der Waals surface area contributed by atoms with Crippen LogP contribution in [0.15, 0.2) is 0 Å². The van der Waals surface area contributed by atoms with Gasteiger partial charge in [-0.25, -0.2) is 0 Å². The molecule has 0 bridgehead atoms. The lowest BCUT2D eigenvalue weighted by atomic mass is 10.3. The van der Waals surface area contributed by atoms with Crippen molar-refractivity contribution >= 4 is 10.2 Å². The molecule has 2 aliphatic rings.